The molecular formula is C18H29N3O3S. The summed E-state index contributed by atoms with van der Waals surface area (Å²) in [5.74, 6) is 0.498. The highest BCUT2D eigenvalue weighted by molar-refractivity contribution is 7.89. The van der Waals surface area contributed by atoms with Crippen molar-refractivity contribution in [2.24, 2.45) is 5.92 Å². The van der Waals surface area contributed by atoms with Crippen molar-refractivity contribution < 1.29 is 13.2 Å². The minimum Gasteiger partial charge on any atom is -0.338 e. The Morgan fingerprint density at radius 3 is 2.56 bits per heavy atom. The molecule has 1 unspecified atom stereocenters. The summed E-state index contributed by atoms with van der Waals surface area (Å²) in [7, 11) is 0.376. The van der Waals surface area contributed by atoms with Crippen LogP contribution in [-0.4, -0.2) is 64.4 Å². The molecule has 0 aromatic heterocycles. The van der Waals surface area contributed by atoms with Gasteiger partial charge in [0.2, 0.25) is 10.0 Å². The molecule has 7 heteroatoms. The number of likely N-dealkylation sites (tertiary alicyclic amines) is 1. The Morgan fingerprint density at radius 1 is 1.28 bits per heavy atom. The number of sulfonamides is 1. The summed E-state index contributed by atoms with van der Waals surface area (Å²) < 4.78 is 27.2. The lowest BCUT2D eigenvalue weighted by Gasteiger charge is -2.31. The molecule has 6 nitrogen and oxygen atoms in total. The van der Waals surface area contributed by atoms with Crippen molar-refractivity contribution in [2.45, 2.75) is 31.1 Å². The molecule has 1 aliphatic rings. The molecule has 1 heterocycles. The maximum absolute atomic E-state index is 12.5. The van der Waals surface area contributed by atoms with Gasteiger partial charge in [-0.05, 0) is 70.1 Å². The number of nitrogens with one attached hydrogen (secondary N) is 1. The standard InChI is InChI=1S/C18H29N3O3S/c1-15-6-4-13-21(14-15)18(22)16-7-9-17(10-8-16)25(23,24)19-11-5-12-20(2)3/h7-10,15,19H,4-6,11-14H2,1-3H3. The van der Waals surface area contributed by atoms with Gasteiger partial charge in [0.25, 0.3) is 5.91 Å². The van der Waals surface area contributed by atoms with Crippen LogP contribution < -0.4 is 4.72 Å². The van der Waals surface area contributed by atoms with E-state index in [0.717, 1.165) is 38.9 Å². The van der Waals surface area contributed by atoms with Crippen LogP contribution in [0.25, 0.3) is 0 Å². The first-order valence-corrected chi connectivity index (χ1v) is 10.3. The molecule has 1 N–H and O–H groups in total. The summed E-state index contributed by atoms with van der Waals surface area (Å²) in [6, 6.07) is 6.23. The van der Waals surface area contributed by atoms with E-state index in [1.54, 1.807) is 12.1 Å². The summed E-state index contributed by atoms with van der Waals surface area (Å²) in [5, 5.41) is 0. The van der Waals surface area contributed by atoms with Crippen LogP contribution >= 0.6 is 0 Å². The molecule has 0 spiro atoms. The van der Waals surface area contributed by atoms with Crippen LogP contribution in [0.5, 0.6) is 0 Å². The fourth-order valence-corrected chi connectivity index (χ4v) is 4.09. The van der Waals surface area contributed by atoms with Gasteiger partial charge in [0.15, 0.2) is 0 Å². The largest absolute Gasteiger partial charge is 0.338 e. The van der Waals surface area contributed by atoms with Crippen LogP contribution in [0.2, 0.25) is 0 Å². The van der Waals surface area contributed by atoms with E-state index in [1.165, 1.54) is 12.1 Å². The molecule has 2 rings (SSSR count). The van der Waals surface area contributed by atoms with E-state index in [1.807, 2.05) is 23.9 Å². The van der Waals surface area contributed by atoms with Gasteiger partial charge in [-0.15, -0.1) is 0 Å². The molecule has 1 saturated heterocycles. The summed E-state index contributed by atoms with van der Waals surface area (Å²) in [6.07, 6.45) is 2.92. The monoisotopic (exact) mass is 367 g/mol. The topological polar surface area (TPSA) is 69.7 Å². The summed E-state index contributed by atoms with van der Waals surface area (Å²) in [4.78, 5) is 16.6. The lowest BCUT2D eigenvalue weighted by molar-refractivity contribution is 0.0683. The first-order chi connectivity index (χ1) is 11.8. The van der Waals surface area contributed by atoms with E-state index in [0.29, 0.717) is 18.0 Å². The highest BCUT2D eigenvalue weighted by Gasteiger charge is 2.22. The zero-order chi connectivity index (χ0) is 18.4. The maximum Gasteiger partial charge on any atom is 0.253 e. The Hall–Kier alpha value is -1.44. The number of amides is 1. The molecule has 1 aromatic rings. The molecule has 1 aromatic carbocycles. The Balaban J connectivity index is 1.97. The predicted octanol–water partition coefficient (Wildman–Crippen LogP) is 1.79. The number of hydrogen-bond acceptors (Lipinski definition) is 4. The maximum atomic E-state index is 12.5. The second-order valence-corrected chi connectivity index (χ2v) is 8.84. The smallest absolute Gasteiger partial charge is 0.253 e. The third-order valence-electron chi connectivity index (χ3n) is 4.43. The molecule has 25 heavy (non-hydrogen) atoms. The first-order valence-electron chi connectivity index (χ1n) is 8.83. The lowest BCUT2D eigenvalue weighted by atomic mass is 9.99. The van der Waals surface area contributed by atoms with E-state index in [4.69, 9.17) is 0 Å². The van der Waals surface area contributed by atoms with Crippen LogP contribution in [0, 0.1) is 5.92 Å². The van der Waals surface area contributed by atoms with Crippen molar-refractivity contribution in [1.29, 1.82) is 0 Å². The second kappa shape index (κ2) is 8.78. The Bertz CT molecular complexity index is 671. The fraction of sp³-hybridized carbons (Fsp3) is 0.611. The number of nitrogens with zero attached hydrogens (tertiary/aromatic N) is 2. The number of benzene rings is 1. The van der Waals surface area contributed by atoms with Crippen molar-refractivity contribution in [2.75, 3.05) is 40.3 Å². The molecule has 140 valence electrons. The van der Waals surface area contributed by atoms with Crippen molar-refractivity contribution in [3.8, 4) is 0 Å². The Morgan fingerprint density at radius 2 is 1.96 bits per heavy atom. The van der Waals surface area contributed by atoms with Crippen molar-refractivity contribution in [3.05, 3.63) is 29.8 Å². The zero-order valence-corrected chi connectivity index (χ0v) is 16.2. The van der Waals surface area contributed by atoms with Gasteiger partial charge in [0, 0.05) is 25.2 Å². The van der Waals surface area contributed by atoms with Crippen molar-refractivity contribution >= 4 is 15.9 Å². The fourth-order valence-electron chi connectivity index (χ4n) is 3.02. The van der Waals surface area contributed by atoms with Gasteiger partial charge in [-0.1, -0.05) is 6.92 Å². The predicted molar refractivity (Wildman–Crippen MR) is 99.1 cm³/mol. The van der Waals surface area contributed by atoms with Gasteiger partial charge in [-0.2, -0.15) is 0 Å². The molecule has 1 amide bonds. The van der Waals surface area contributed by atoms with Crippen molar-refractivity contribution in [1.82, 2.24) is 14.5 Å². The van der Waals surface area contributed by atoms with Gasteiger partial charge in [-0.3, -0.25) is 4.79 Å². The van der Waals surface area contributed by atoms with Gasteiger partial charge in [0.1, 0.15) is 0 Å². The number of carbonyl (C=O) groups is 1. The molecular weight excluding hydrogens is 338 g/mol. The van der Waals surface area contributed by atoms with Gasteiger partial charge in [-0.25, -0.2) is 13.1 Å². The molecule has 0 aliphatic carbocycles. The van der Waals surface area contributed by atoms with Crippen LogP contribution in [0.15, 0.2) is 29.2 Å². The average Bonchev–Trinajstić information content (AvgIpc) is 2.58. The first kappa shape index (κ1) is 19.9. The van der Waals surface area contributed by atoms with Crippen LogP contribution in [-0.2, 0) is 10.0 Å². The summed E-state index contributed by atoms with van der Waals surface area (Å²) in [5.41, 5.74) is 0.542. The summed E-state index contributed by atoms with van der Waals surface area (Å²) in [6.45, 7) is 4.91. The number of piperidine rings is 1. The second-order valence-electron chi connectivity index (χ2n) is 7.08. The molecule has 0 radical (unpaired) electrons. The Labute approximate surface area is 151 Å². The SMILES string of the molecule is CC1CCCN(C(=O)c2ccc(S(=O)(=O)NCCCN(C)C)cc2)C1. The number of hydrogen-bond donors (Lipinski definition) is 1. The van der Waals surface area contributed by atoms with Gasteiger partial charge >= 0.3 is 0 Å². The minimum atomic E-state index is -3.53. The third-order valence-corrected chi connectivity index (χ3v) is 5.91. The van der Waals surface area contributed by atoms with E-state index in [-0.39, 0.29) is 10.8 Å². The highest BCUT2D eigenvalue weighted by atomic mass is 32.2. The van der Waals surface area contributed by atoms with E-state index < -0.39 is 10.0 Å². The third kappa shape index (κ3) is 5.80. The lowest BCUT2D eigenvalue weighted by Crippen LogP contribution is -2.39. The van der Waals surface area contributed by atoms with Gasteiger partial charge < -0.3 is 9.80 Å². The Kier molecular flexibility index (Phi) is 6.98. The molecule has 1 atom stereocenters. The van der Waals surface area contributed by atoms with Crippen LogP contribution in [0.1, 0.15) is 36.5 Å². The molecule has 1 aliphatic heterocycles. The average molecular weight is 368 g/mol. The number of carbonyl (C=O) groups excluding carboxylic acids is 1. The normalized spacial score (nSPS) is 18.6. The van der Waals surface area contributed by atoms with E-state index in [9.17, 15) is 13.2 Å². The minimum absolute atomic E-state index is 0.0190. The molecule has 0 bridgehead atoms. The number of rotatable bonds is 7. The summed E-state index contributed by atoms with van der Waals surface area (Å²) >= 11 is 0. The van der Waals surface area contributed by atoms with Gasteiger partial charge in [0.05, 0.1) is 4.90 Å². The molecule has 1 fully saturated rings. The van der Waals surface area contributed by atoms with Crippen LogP contribution in [0.4, 0.5) is 0 Å². The van der Waals surface area contributed by atoms with Crippen molar-refractivity contribution in [3.63, 3.8) is 0 Å². The van der Waals surface area contributed by atoms with E-state index >= 15 is 0 Å². The zero-order valence-electron chi connectivity index (χ0n) is 15.4. The molecule has 0 saturated carbocycles. The quantitative estimate of drug-likeness (QED) is 0.746. The highest BCUT2D eigenvalue weighted by Crippen LogP contribution is 2.19. The van der Waals surface area contributed by atoms with Crippen LogP contribution in [0.3, 0.4) is 0 Å². The van der Waals surface area contributed by atoms with E-state index in [2.05, 4.69) is 11.6 Å².